The van der Waals surface area contributed by atoms with Crippen LogP contribution in [0.15, 0.2) is 0 Å². The number of nitrogens with zero attached hydrogens (tertiary/aromatic N) is 1. The minimum Gasteiger partial charge on any atom is -0.391 e. The van der Waals surface area contributed by atoms with E-state index in [1.807, 2.05) is 0 Å². The van der Waals surface area contributed by atoms with Crippen molar-refractivity contribution in [1.82, 2.24) is 4.90 Å². The third kappa shape index (κ3) is 3.32. The van der Waals surface area contributed by atoms with Crippen LogP contribution in [-0.2, 0) is 9.53 Å². The number of rotatable bonds is 3. The van der Waals surface area contributed by atoms with Crippen LogP contribution in [0.2, 0.25) is 0 Å². The number of hydrogen-bond acceptors (Lipinski definition) is 3. The molecule has 76 valence electrons. The quantitative estimate of drug-likeness (QED) is 0.677. The molecular formula is C9H17NO3. The SMILES string of the molecule is COCCC(=O)N1CCC[C@H](O)C1. The fourth-order valence-corrected chi connectivity index (χ4v) is 1.53. The van der Waals surface area contributed by atoms with E-state index in [2.05, 4.69) is 0 Å². The number of β-amino-alcohol motifs (C(OH)–C–C–N with tert-alkyl or cyclic N) is 1. The molecular weight excluding hydrogens is 170 g/mol. The Morgan fingerprint density at radius 3 is 3.08 bits per heavy atom. The number of piperidine rings is 1. The number of aliphatic hydroxyl groups is 1. The highest BCUT2D eigenvalue weighted by atomic mass is 16.5. The molecule has 0 aromatic heterocycles. The lowest BCUT2D eigenvalue weighted by Gasteiger charge is -2.30. The number of hydrogen-bond donors (Lipinski definition) is 1. The molecule has 0 saturated carbocycles. The van der Waals surface area contributed by atoms with E-state index in [1.165, 1.54) is 0 Å². The molecule has 1 rings (SSSR count). The van der Waals surface area contributed by atoms with Gasteiger partial charge in [-0.05, 0) is 12.8 Å². The second-order valence-corrected chi connectivity index (χ2v) is 3.38. The van der Waals surface area contributed by atoms with E-state index in [0.29, 0.717) is 19.6 Å². The topological polar surface area (TPSA) is 49.8 Å². The molecule has 1 atom stereocenters. The molecule has 1 amide bonds. The van der Waals surface area contributed by atoms with Crippen LogP contribution in [0.3, 0.4) is 0 Å². The molecule has 1 aliphatic heterocycles. The third-order valence-corrected chi connectivity index (χ3v) is 2.27. The molecule has 0 radical (unpaired) electrons. The number of aliphatic hydroxyl groups excluding tert-OH is 1. The summed E-state index contributed by atoms with van der Waals surface area (Å²) in [5.41, 5.74) is 0. The zero-order valence-electron chi connectivity index (χ0n) is 8.03. The van der Waals surface area contributed by atoms with Gasteiger partial charge in [-0.25, -0.2) is 0 Å². The first-order valence-corrected chi connectivity index (χ1v) is 4.69. The van der Waals surface area contributed by atoms with E-state index >= 15 is 0 Å². The van der Waals surface area contributed by atoms with Crippen LogP contribution in [0, 0.1) is 0 Å². The maximum atomic E-state index is 11.4. The zero-order chi connectivity index (χ0) is 9.68. The van der Waals surface area contributed by atoms with Crippen molar-refractivity contribution in [1.29, 1.82) is 0 Å². The summed E-state index contributed by atoms with van der Waals surface area (Å²) in [5, 5.41) is 9.33. The fraction of sp³-hybridized carbons (Fsp3) is 0.889. The van der Waals surface area contributed by atoms with Gasteiger partial charge in [-0.15, -0.1) is 0 Å². The Morgan fingerprint density at radius 2 is 2.46 bits per heavy atom. The highest BCUT2D eigenvalue weighted by Crippen LogP contribution is 2.10. The molecule has 0 unspecified atom stereocenters. The van der Waals surface area contributed by atoms with Gasteiger partial charge in [-0.2, -0.15) is 0 Å². The molecule has 1 fully saturated rings. The van der Waals surface area contributed by atoms with Crippen LogP contribution >= 0.6 is 0 Å². The zero-order valence-corrected chi connectivity index (χ0v) is 8.03. The van der Waals surface area contributed by atoms with Crippen molar-refractivity contribution in [2.75, 3.05) is 26.8 Å². The van der Waals surface area contributed by atoms with Gasteiger partial charge in [0.15, 0.2) is 0 Å². The predicted octanol–water partition coefficient (Wildman–Crippen LogP) is 0.00620. The Balaban J connectivity index is 2.28. The molecule has 4 nitrogen and oxygen atoms in total. The van der Waals surface area contributed by atoms with Gasteiger partial charge in [-0.1, -0.05) is 0 Å². The van der Waals surface area contributed by atoms with Gasteiger partial charge in [0.25, 0.3) is 0 Å². The summed E-state index contributed by atoms with van der Waals surface area (Å²) in [4.78, 5) is 13.2. The first kappa shape index (κ1) is 10.5. The van der Waals surface area contributed by atoms with Crippen LogP contribution in [0.25, 0.3) is 0 Å². The molecule has 1 N–H and O–H groups in total. The maximum Gasteiger partial charge on any atom is 0.224 e. The highest BCUT2D eigenvalue weighted by molar-refractivity contribution is 5.76. The second-order valence-electron chi connectivity index (χ2n) is 3.38. The van der Waals surface area contributed by atoms with Gasteiger partial charge >= 0.3 is 0 Å². The molecule has 0 bridgehead atoms. The molecule has 1 aliphatic rings. The smallest absolute Gasteiger partial charge is 0.224 e. The van der Waals surface area contributed by atoms with Crippen molar-refractivity contribution in [2.24, 2.45) is 0 Å². The van der Waals surface area contributed by atoms with E-state index in [-0.39, 0.29) is 12.0 Å². The van der Waals surface area contributed by atoms with Crippen molar-refractivity contribution in [2.45, 2.75) is 25.4 Å². The molecule has 1 heterocycles. The molecule has 13 heavy (non-hydrogen) atoms. The average Bonchev–Trinajstić information content (AvgIpc) is 2.14. The number of methoxy groups -OCH3 is 1. The van der Waals surface area contributed by atoms with E-state index in [1.54, 1.807) is 12.0 Å². The Morgan fingerprint density at radius 1 is 1.69 bits per heavy atom. The van der Waals surface area contributed by atoms with Crippen LogP contribution < -0.4 is 0 Å². The Bertz CT molecular complexity index is 172. The molecule has 1 saturated heterocycles. The number of carbonyl (C=O) groups is 1. The lowest BCUT2D eigenvalue weighted by Crippen LogP contribution is -2.42. The predicted molar refractivity (Wildman–Crippen MR) is 48.3 cm³/mol. The van der Waals surface area contributed by atoms with Crippen LogP contribution in [-0.4, -0.2) is 48.8 Å². The van der Waals surface area contributed by atoms with Gasteiger partial charge in [0.2, 0.25) is 5.91 Å². The summed E-state index contributed by atoms with van der Waals surface area (Å²) < 4.78 is 4.82. The second kappa shape index (κ2) is 5.19. The minimum absolute atomic E-state index is 0.0839. The van der Waals surface area contributed by atoms with Crippen molar-refractivity contribution < 1.29 is 14.6 Å². The normalized spacial score (nSPS) is 23.2. The number of likely N-dealkylation sites (tertiary alicyclic amines) is 1. The first-order chi connectivity index (χ1) is 6.24. The fourth-order valence-electron chi connectivity index (χ4n) is 1.53. The van der Waals surface area contributed by atoms with E-state index in [4.69, 9.17) is 4.74 Å². The third-order valence-electron chi connectivity index (χ3n) is 2.27. The summed E-state index contributed by atoms with van der Waals surface area (Å²) in [5.74, 6) is 0.0839. The lowest BCUT2D eigenvalue weighted by atomic mass is 10.1. The summed E-state index contributed by atoms with van der Waals surface area (Å²) in [7, 11) is 1.58. The minimum atomic E-state index is -0.333. The summed E-state index contributed by atoms with van der Waals surface area (Å²) in [6.07, 6.45) is 1.80. The summed E-state index contributed by atoms with van der Waals surface area (Å²) >= 11 is 0. The Hall–Kier alpha value is -0.610. The number of carbonyl (C=O) groups excluding carboxylic acids is 1. The lowest BCUT2D eigenvalue weighted by molar-refractivity contribution is -0.135. The first-order valence-electron chi connectivity index (χ1n) is 4.69. The Kier molecular flexibility index (Phi) is 4.18. The van der Waals surface area contributed by atoms with Crippen LogP contribution in [0.1, 0.15) is 19.3 Å². The average molecular weight is 187 g/mol. The van der Waals surface area contributed by atoms with Crippen LogP contribution in [0.4, 0.5) is 0 Å². The van der Waals surface area contributed by atoms with Crippen molar-refractivity contribution in [3.05, 3.63) is 0 Å². The number of amides is 1. The monoisotopic (exact) mass is 187 g/mol. The summed E-state index contributed by atoms with van der Waals surface area (Å²) in [6.45, 7) is 1.73. The van der Waals surface area contributed by atoms with Crippen molar-refractivity contribution in [3.63, 3.8) is 0 Å². The highest BCUT2D eigenvalue weighted by Gasteiger charge is 2.21. The molecule has 0 aromatic rings. The molecule has 0 spiro atoms. The van der Waals surface area contributed by atoms with E-state index in [9.17, 15) is 9.90 Å². The van der Waals surface area contributed by atoms with Gasteiger partial charge in [-0.3, -0.25) is 4.79 Å². The van der Waals surface area contributed by atoms with E-state index < -0.39 is 0 Å². The van der Waals surface area contributed by atoms with Gasteiger partial charge in [0.05, 0.1) is 19.1 Å². The largest absolute Gasteiger partial charge is 0.391 e. The standard InChI is InChI=1S/C9H17NO3/c1-13-6-4-9(12)10-5-2-3-8(11)7-10/h8,11H,2-7H2,1H3/t8-/m0/s1. The number of ether oxygens (including phenoxy) is 1. The van der Waals surface area contributed by atoms with Gasteiger partial charge < -0.3 is 14.7 Å². The van der Waals surface area contributed by atoms with Crippen LogP contribution in [0.5, 0.6) is 0 Å². The van der Waals surface area contributed by atoms with Gasteiger partial charge in [0.1, 0.15) is 0 Å². The summed E-state index contributed by atoms with van der Waals surface area (Å²) in [6, 6.07) is 0. The molecule has 0 aliphatic carbocycles. The molecule has 4 heteroatoms. The van der Waals surface area contributed by atoms with Crippen molar-refractivity contribution in [3.8, 4) is 0 Å². The Labute approximate surface area is 78.5 Å². The van der Waals surface area contributed by atoms with Crippen molar-refractivity contribution >= 4 is 5.91 Å². The maximum absolute atomic E-state index is 11.4. The van der Waals surface area contributed by atoms with Gasteiger partial charge in [0, 0.05) is 20.2 Å². The van der Waals surface area contributed by atoms with E-state index in [0.717, 1.165) is 19.4 Å². The molecule has 0 aromatic carbocycles.